The largest absolute Gasteiger partial charge is 0.265 e. The fourth-order valence-corrected chi connectivity index (χ4v) is 0.571. The zero-order valence-corrected chi connectivity index (χ0v) is 8.17. The summed E-state index contributed by atoms with van der Waals surface area (Å²) in [4.78, 5) is 3.78. The quantitative estimate of drug-likeness (QED) is 0.521. The number of H-pyrrole nitrogens is 2. The van der Waals surface area contributed by atoms with Crippen LogP contribution in [0.15, 0.2) is 43.2 Å². The summed E-state index contributed by atoms with van der Waals surface area (Å²) < 4.78 is 0. The molecule has 0 spiro atoms. The normalized spacial score (nSPS) is 8.00. The first-order valence-electron chi connectivity index (χ1n) is 4.18. The second kappa shape index (κ2) is 8.87. The van der Waals surface area contributed by atoms with Crippen LogP contribution in [0, 0.1) is 0 Å². The van der Waals surface area contributed by atoms with E-state index in [1.807, 2.05) is 18.2 Å². The average molecular weight is 219 g/mol. The Balaban J connectivity index is 0.000000121. The van der Waals surface area contributed by atoms with Crippen molar-refractivity contribution < 1.29 is 0 Å². The van der Waals surface area contributed by atoms with Crippen LogP contribution in [-0.2, 0) is 0 Å². The summed E-state index contributed by atoms with van der Waals surface area (Å²) in [6, 6.07) is 5.72. The number of aromatic nitrogens is 9. The second-order valence-corrected chi connectivity index (χ2v) is 2.14. The Morgan fingerprint density at radius 1 is 0.688 bits per heavy atom. The van der Waals surface area contributed by atoms with Gasteiger partial charge in [-0.2, -0.15) is 10.4 Å². The van der Waals surface area contributed by atoms with Crippen molar-refractivity contribution >= 4 is 0 Å². The number of hydrogen-bond acceptors (Lipinski definition) is 7. The van der Waals surface area contributed by atoms with Crippen LogP contribution in [0.5, 0.6) is 0 Å². The lowest BCUT2D eigenvalue weighted by Crippen LogP contribution is -1.64. The van der Waals surface area contributed by atoms with E-state index in [9.17, 15) is 0 Å². The number of pyridine rings is 1. The van der Waals surface area contributed by atoms with Crippen LogP contribution in [-0.4, -0.2) is 46.2 Å². The number of nitrogens with one attached hydrogen (secondary N) is 2. The molecule has 0 unspecified atom stereocenters. The average Bonchev–Trinajstić information content (AvgIpc) is 3.10. The minimum atomic E-state index is 1.33. The van der Waals surface area contributed by atoms with E-state index in [4.69, 9.17) is 0 Å². The monoisotopic (exact) mass is 219 g/mol. The summed E-state index contributed by atoms with van der Waals surface area (Å²) in [6.45, 7) is 0. The van der Waals surface area contributed by atoms with Gasteiger partial charge in [-0.3, -0.25) is 4.98 Å². The fourth-order valence-electron chi connectivity index (χ4n) is 0.571. The van der Waals surface area contributed by atoms with Crippen LogP contribution in [0.4, 0.5) is 0 Å². The third kappa shape index (κ3) is 6.77. The van der Waals surface area contributed by atoms with Gasteiger partial charge < -0.3 is 0 Å². The zero-order chi connectivity index (χ0) is 11.3. The van der Waals surface area contributed by atoms with E-state index in [0.29, 0.717) is 0 Å². The molecule has 0 saturated carbocycles. The number of tetrazole rings is 2. The van der Waals surface area contributed by atoms with Crippen molar-refractivity contribution in [3.63, 3.8) is 0 Å². The van der Waals surface area contributed by atoms with E-state index in [1.165, 1.54) is 12.7 Å². The van der Waals surface area contributed by atoms with Crippen molar-refractivity contribution in [2.75, 3.05) is 0 Å². The van der Waals surface area contributed by atoms with Crippen molar-refractivity contribution in [3.05, 3.63) is 43.2 Å². The summed E-state index contributed by atoms with van der Waals surface area (Å²) in [5.74, 6) is 0. The van der Waals surface area contributed by atoms with Gasteiger partial charge in [-0.05, 0) is 12.1 Å². The Morgan fingerprint density at radius 3 is 1.38 bits per heavy atom. The fraction of sp³-hybridized carbons (Fsp3) is 0. The molecule has 3 rings (SSSR count). The molecule has 0 amide bonds. The van der Waals surface area contributed by atoms with E-state index >= 15 is 0 Å². The molecule has 16 heavy (non-hydrogen) atoms. The molecule has 3 heterocycles. The molecule has 3 aromatic rings. The van der Waals surface area contributed by atoms with E-state index in [1.54, 1.807) is 12.4 Å². The lowest BCUT2D eigenvalue weighted by Gasteiger charge is -1.70. The SMILES string of the molecule is c1ccncc1.c1nn[nH]n1.c1nn[nH]n1. The maximum atomic E-state index is 3.78. The number of rotatable bonds is 0. The zero-order valence-electron chi connectivity index (χ0n) is 8.17. The molecule has 9 nitrogen and oxygen atoms in total. The van der Waals surface area contributed by atoms with Crippen molar-refractivity contribution in [2.24, 2.45) is 0 Å². The van der Waals surface area contributed by atoms with Crippen LogP contribution in [0.1, 0.15) is 0 Å². The van der Waals surface area contributed by atoms with Gasteiger partial charge in [0.1, 0.15) is 0 Å². The molecule has 9 heteroatoms. The molecule has 0 radical (unpaired) electrons. The van der Waals surface area contributed by atoms with Crippen molar-refractivity contribution in [2.45, 2.75) is 0 Å². The smallest absolute Gasteiger partial charge is 0.161 e. The van der Waals surface area contributed by atoms with E-state index in [2.05, 4.69) is 46.2 Å². The first-order chi connectivity index (χ1) is 8.00. The number of nitrogens with zero attached hydrogens (tertiary/aromatic N) is 7. The molecule has 0 aliphatic heterocycles. The van der Waals surface area contributed by atoms with Crippen molar-refractivity contribution in [1.82, 2.24) is 46.2 Å². The predicted molar refractivity (Wildman–Crippen MR) is 52.6 cm³/mol. The van der Waals surface area contributed by atoms with Gasteiger partial charge in [-0.15, -0.1) is 20.4 Å². The Labute approximate surface area is 90.3 Å². The standard InChI is InChI=1S/C5H5N.2CH2N4/c1-2-4-6-5-3-1;2*1-2-4-5-3-1/h1-5H;2*1H,(H,2,3,4,5). The molecule has 3 aromatic heterocycles. The molecule has 0 bridgehead atoms. The van der Waals surface area contributed by atoms with Gasteiger partial charge in [0.05, 0.1) is 0 Å². The van der Waals surface area contributed by atoms with Gasteiger partial charge >= 0.3 is 0 Å². The lowest BCUT2D eigenvalue weighted by molar-refractivity contribution is 0.881. The van der Waals surface area contributed by atoms with Gasteiger partial charge in [0.2, 0.25) is 0 Å². The number of aromatic amines is 2. The van der Waals surface area contributed by atoms with Crippen LogP contribution in [0.25, 0.3) is 0 Å². The van der Waals surface area contributed by atoms with E-state index in [0.717, 1.165) is 0 Å². The minimum Gasteiger partial charge on any atom is -0.265 e. The van der Waals surface area contributed by atoms with Gasteiger partial charge in [-0.1, -0.05) is 16.5 Å². The highest BCUT2D eigenvalue weighted by Gasteiger charge is 1.59. The third-order valence-electron chi connectivity index (χ3n) is 1.11. The topological polar surface area (TPSA) is 122 Å². The first-order valence-corrected chi connectivity index (χ1v) is 4.18. The lowest BCUT2D eigenvalue weighted by atomic mass is 10.5. The Kier molecular flexibility index (Phi) is 6.30. The molecule has 0 aliphatic rings. The first kappa shape index (κ1) is 11.4. The Morgan fingerprint density at radius 2 is 1.25 bits per heavy atom. The Bertz CT molecular complexity index is 307. The predicted octanol–water partition coefficient (Wildman–Crippen LogP) is -0.519. The Hall–Kier alpha value is -2.71. The van der Waals surface area contributed by atoms with Gasteiger partial charge in [-0.25, -0.2) is 0 Å². The van der Waals surface area contributed by atoms with Crippen LogP contribution in [0.2, 0.25) is 0 Å². The molecule has 82 valence electrons. The maximum absolute atomic E-state index is 3.78. The minimum absolute atomic E-state index is 1.33. The van der Waals surface area contributed by atoms with Crippen molar-refractivity contribution in [3.8, 4) is 0 Å². The summed E-state index contributed by atoms with van der Waals surface area (Å²) in [6.07, 6.45) is 6.17. The van der Waals surface area contributed by atoms with Crippen molar-refractivity contribution in [1.29, 1.82) is 0 Å². The highest BCUT2D eigenvalue weighted by Crippen LogP contribution is 1.73. The van der Waals surface area contributed by atoms with Crippen LogP contribution in [0.3, 0.4) is 0 Å². The van der Waals surface area contributed by atoms with E-state index in [-0.39, 0.29) is 0 Å². The molecule has 0 fully saturated rings. The third-order valence-corrected chi connectivity index (χ3v) is 1.11. The molecule has 0 saturated heterocycles. The molecular weight excluding hydrogens is 210 g/mol. The summed E-state index contributed by atoms with van der Waals surface area (Å²) in [7, 11) is 0. The summed E-state index contributed by atoms with van der Waals surface area (Å²) in [5, 5.41) is 24.3. The highest BCUT2D eigenvalue weighted by molar-refractivity contribution is 4.88. The van der Waals surface area contributed by atoms with Crippen LogP contribution < -0.4 is 0 Å². The molecule has 2 N–H and O–H groups in total. The molecular formula is C7H9N9. The summed E-state index contributed by atoms with van der Waals surface area (Å²) in [5.41, 5.74) is 0. The molecule has 0 aliphatic carbocycles. The van der Waals surface area contributed by atoms with Crippen LogP contribution >= 0.6 is 0 Å². The maximum Gasteiger partial charge on any atom is 0.161 e. The van der Waals surface area contributed by atoms with Gasteiger partial charge in [0.15, 0.2) is 12.7 Å². The summed E-state index contributed by atoms with van der Waals surface area (Å²) >= 11 is 0. The second-order valence-electron chi connectivity index (χ2n) is 2.14. The highest BCUT2D eigenvalue weighted by atomic mass is 15.5. The van der Waals surface area contributed by atoms with Gasteiger partial charge in [0, 0.05) is 12.4 Å². The van der Waals surface area contributed by atoms with E-state index < -0.39 is 0 Å². The van der Waals surface area contributed by atoms with Gasteiger partial charge in [0.25, 0.3) is 0 Å². The molecule has 0 atom stereocenters. The molecule has 0 aromatic carbocycles. The number of hydrogen-bond donors (Lipinski definition) is 2.